The van der Waals surface area contributed by atoms with Crippen molar-refractivity contribution in [1.82, 2.24) is 15.4 Å². The Morgan fingerprint density at radius 1 is 1.13 bits per heavy atom. The minimum Gasteiger partial charge on any atom is -0.341 e. The zero-order chi connectivity index (χ0) is 21.5. The number of aromatic nitrogens is 2. The van der Waals surface area contributed by atoms with Gasteiger partial charge in [0.2, 0.25) is 5.84 Å². The van der Waals surface area contributed by atoms with Gasteiger partial charge in [0.15, 0.2) is 0 Å². The zero-order valence-electron chi connectivity index (χ0n) is 17.4. The van der Waals surface area contributed by atoms with Gasteiger partial charge in [-0.1, -0.05) is 39.0 Å². The second-order valence-corrected chi connectivity index (χ2v) is 8.30. The van der Waals surface area contributed by atoms with E-state index in [1.807, 2.05) is 30.3 Å². The molecular formula is C22H24N6O2. The number of hydrogen-bond donors (Lipinski definition) is 3. The van der Waals surface area contributed by atoms with Gasteiger partial charge in [-0.15, -0.1) is 0 Å². The smallest absolute Gasteiger partial charge is 0.292 e. The number of carbonyl (C=O) groups is 2. The van der Waals surface area contributed by atoms with Crippen LogP contribution < -0.4 is 15.8 Å². The average Bonchev–Trinajstić information content (AvgIpc) is 3.14. The third kappa shape index (κ3) is 3.76. The van der Waals surface area contributed by atoms with Crippen molar-refractivity contribution in [2.75, 3.05) is 10.3 Å². The molecule has 1 atom stereocenters. The van der Waals surface area contributed by atoms with Gasteiger partial charge < -0.3 is 10.3 Å². The number of carbonyl (C=O) groups excluding carboxylic acids is 2. The number of aromatic amines is 1. The number of para-hydroxylation sites is 1. The lowest BCUT2D eigenvalue weighted by atomic mass is 9.96. The fraction of sp³-hybridized carbons (Fsp3) is 0.273. The van der Waals surface area contributed by atoms with Gasteiger partial charge in [0.1, 0.15) is 11.9 Å². The monoisotopic (exact) mass is 404 g/mol. The van der Waals surface area contributed by atoms with Crippen LogP contribution in [-0.4, -0.2) is 33.7 Å². The Hall–Kier alpha value is -3.68. The van der Waals surface area contributed by atoms with Gasteiger partial charge in [0, 0.05) is 11.1 Å². The van der Waals surface area contributed by atoms with Crippen LogP contribution in [0.15, 0.2) is 53.5 Å². The summed E-state index contributed by atoms with van der Waals surface area (Å²) < 4.78 is 0. The number of imidazole rings is 1. The second kappa shape index (κ2) is 7.29. The highest BCUT2D eigenvalue weighted by molar-refractivity contribution is 6.43. The first kappa shape index (κ1) is 19.6. The maximum Gasteiger partial charge on any atom is 0.292 e. The molecule has 154 valence electrons. The lowest BCUT2D eigenvalue weighted by Crippen LogP contribution is -2.57. The van der Waals surface area contributed by atoms with Crippen LogP contribution in [0.2, 0.25) is 0 Å². The zero-order valence-corrected chi connectivity index (χ0v) is 17.4. The molecule has 2 aromatic carbocycles. The largest absolute Gasteiger partial charge is 0.341 e. The topological polar surface area (TPSA) is 102 Å². The van der Waals surface area contributed by atoms with Gasteiger partial charge in [-0.05, 0) is 37.3 Å². The Bertz CT molecular complexity index is 1140. The number of fused-ring (bicyclic) bond motifs is 1. The molecule has 2 amide bonds. The number of hydrazine groups is 1. The fourth-order valence-corrected chi connectivity index (χ4v) is 3.14. The number of hydrogen-bond acceptors (Lipinski definition) is 5. The van der Waals surface area contributed by atoms with Crippen LogP contribution in [0.4, 0.5) is 11.4 Å². The van der Waals surface area contributed by atoms with E-state index in [1.165, 1.54) is 5.01 Å². The van der Waals surface area contributed by atoms with E-state index in [-0.39, 0.29) is 17.2 Å². The summed E-state index contributed by atoms with van der Waals surface area (Å²) >= 11 is 0. The van der Waals surface area contributed by atoms with Crippen molar-refractivity contribution >= 4 is 40.1 Å². The average molecular weight is 404 g/mol. The van der Waals surface area contributed by atoms with Crippen LogP contribution in [0.5, 0.6) is 0 Å². The number of nitrogens with one attached hydrogen (secondary N) is 3. The quantitative estimate of drug-likeness (QED) is 0.624. The van der Waals surface area contributed by atoms with Crippen molar-refractivity contribution in [2.24, 2.45) is 4.99 Å². The van der Waals surface area contributed by atoms with Gasteiger partial charge in [-0.2, -0.15) is 0 Å². The van der Waals surface area contributed by atoms with E-state index >= 15 is 0 Å². The number of amides is 2. The first-order valence-corrected chi connectivity index (χ1v) is 9.77. The van der Waals surface area contributed by atoms with Crippen LogP contribution in [0.25, 0.3) is 11.0 Å². The predicted octanol–water partition coefficient (Wildman–Crippen LogP) is 3.14. The highest BCUT2D eigenvalue weighted by Crippen LogP contribution is 2.24. The lowest BCUT2D eigenvalue weighted by Gasteiger charge is -2.30. The molecule has 2 heterocycles. The molecule has 4 rings (SSSR count). The molecule has 1 aliphatic rings. The number of aliphatic imine (C=N–C) groups is 1. The third-order valence-corrected chi connectivity index (χ3v) is 4.80. The van der Waals surface area contributed by atoms with Crippen LogP contribution >= 0.6 is 0 Å². The van der Waals surface area contributed by atoms with Gasteiger partial charge in [0.05, 0.1) is 16.7 Å². The molecule has 30 heavy (non-hydrogen) atoms. The maximum absolute atomic E-state index is 12.8. The first-order chi connectivity index (χ1) is 14.2. The van der Waals surface area contributed by atoms with Crippen molar-refractivity contribution < 1.29 is 9.59 Å². The Kier molecular flexibility index (Phi) is 4.77. The number of amidine groups is 1. The number of benzene rings is 2. The molecule has 8 nitrogen and oxygen atoms in total. The Morgan fingerprint density at radius 3 is 2.57 bits per heavy atom. The summed E-state index contributed by atoms with van der Waals surface area (Å²) in [5.41, 5.74) is 5.65. The van der Waals surface area contributed by atoms with Crippen molar-refractivity contribution in [3.63, 3.8) is 0 Å². The second-order valence-electron chi connectivity index (χ2n) is 8.30. The SMILES string of the molecule is C[C@@H]1N=C(C(=O)Nc2ccc3nc(C(C)(C)C)[nH]c3c2)NN(c2ccccc2)C1=O. The molecule has 1 aromatic heterocycles. The van der Waals surface area contributed by atoms with Crippen LogP contribution in [-0.2, 0) is 15.0 Å². The standard InChI is InChI=1S/C22H24N6O2/c1-13-20(30)28(15-8-6-5-7-9-15)27-18(23-13)19(29)24-14-10-11-16-17(12-14)26-21(25-16)22(2,3)4/h5-13H,1-4H3,(H,23,27)(H,24,29)(H,25,26)/t13-/m0/s1. The Morgan fingerprint density at radius 2 is 1.87 bits per heavy atom. The Balaban J connectivity index is 1.56. The van der Waals surface area contributed by atoms with E-state index in [2.05, 4.69) is 46.5 Å². The lowest BCUT2D eigenvalue weighted by molar-refractivity contribution is -0.120. The molecule has 0 saturated heterocycles. The molecule has 1 aliphatic heterocycles. The summed E-state index contributed by atoms with van der Waals surface area (Å²) in [6, 6.07) is 13.9. The number of rotatable bonds is 3. The number of nitrogens with zero attached hydrogens (tertiary/aromatic N) is 3. The van der Waals surface area contributed by atoms with E-state index < -0.39 is 11.9 Å². The molecule has 3 N–H and O–H groups in total. The molecule has 3 aromatic rings. The molecule has 0 fully saturated rings. The van der Waals surface area contributed by atoms with E-state index in [4.69, 9.17) is 0 Å². The highest BCUT2D eigenvalue weighted by atomic mass is 16.2. The maximum atomic E-state index is 12.8. The number of anilines is 2. The van der Waals surface area contributed by atoms with Crippen LogP contribution in [0, 0.1) is 0 Å². The summed E-state index contributed by atoms with van der Waals surface area (Å²) in [7, 11) is 0. The molecular weight excluding hydrogens is 380 g/mol. The van der Waals surface area contributed by atoms with Gasteiger partial charge in [-0.25, -0.2) is 15.0 Å². The summed E-state index contributed by atoms with van der Waals surface area (Å²) in [5, 5.41) is 4.19. The molecule has 0 unspecified atom stereocenters. The Labute approximate surface area is 174 Å². The molecule has 8 heteroatoms. The van der Waals surface area contributed by atoms with Crippen LogP contribution in [0.3, 0.4) is 0 Å². The van der Waals surface area contributed by atoms with E-state index in [0.717, 1.165) is 16.9 Å². The minimum absolute atomic E-state index is 0.0750. The normalized spacial score (nSPS) is 16.9. The minimum atomic E-state index is -0.670. The van der Waals surface area contributed by atoms with Gasteiger partial charge in [0.25, 0.3) is 11.8 Å². The van der Waals surface area contributed by atoms with Crippen molar-refractivity contribution in [3.05, 3.63) is 54.4 Å². The van der Waals surface area contributed by atoms with Crippen LogP contribution in [0.1, 0.15) is 33.5 Å². The van der Waals surface area contributed by atoms with Crippen molar-refractivity contribution in [2.45, 2.75) is 39.2 Å². The molecule has 0 radical (unpaired) electrons. The molecule has 0 aliphatic carbocycles. The van der Waals surface area contributed by atoms with Gasteiger partial charge in [-0.3, -0.25) is 15.0 Å². The van der Waals surface area contributed by atoms with Crippen molar-refractivity contribution in [3.8, 4) is 0 Å². The summed E-state index contributed by atoms with van der Waals surface area (Å²) in [4.78, 5) is 37.5. The summed E-state index contributed by atoms with van der Waals surface area (Å²) in [5.74, 6) is 0.299. The highest BCUT2D eigenvalue weighted by Gasteiger charge is 2.30. The summed E-state index contributed by atoms with van der Waals surface area (Å²) in [6.07, 6.45) is 0. The number of H-pyrrole nitrogens is 1. The predicted molar refractivity (Wildman–Crippen MR) is 117 cm³/mol. The molecule has 0 saturated carbocycles. The van der Waals surface area contributed by atoms with E-state index in [9.17, 15) is 9.59 Å². The molecule has 0 spiro atoms. The first-order valence-electron chi connectivity index (χ1n) is 9.77. The summed E-state index contributed by atoms with van der Waals surface area (Å²) in [6.45, 7) is 7.92. The van der Waals surface area contributed by atoms with Gasteiger partial charge >= 0.3 is 0 Å². The van der Waals surface area contributed by atoms with E-state index in [1.54, 1.807) is 25.1 Å². The fourth-order valence-electron chi connectivity index (χ4n) is 3.14. The molecule has 0 bridgehead atoms. The third-order valence-electron chi connectivity index (χ3n) is 4.80. The van der Waals surface area contributed by atoms with Crippen molar-refractivity contribution in [1.29, 1.82) is 0 Å². The van der Waals surface area contributed by atoms with E-state index in [0.29, 0.717) is 11.4 Å².